The summed E-state index contributed by atoms with van der Waals surface area (Å²) in [6.45, 7) is 4.08. The highest BCUT2D eigenvalue weighted by Crippen LogP contribution is 2.25. The lowest BCUT2D eigenvalue weighted by atomic mass is 10.0. The summed E-state index contributed by atoms with van der Waals surface area (Å²) >= 11 is 0. The van der Waals surface area contributed by atoms with Crippen molar-refractivity contribution in [1.82, 2.24) is 0 Å². The average molecular weight is 297 g/mol. The van der Waals surface area contributed by atoms with Crippen molar-refractivity contribution in [2.24, 2.45) is 0 Å². The van der Waals surface area contributed by atoms with Crippen LogP contribution in [0.5, 0.6) is 0 Å². The minimum Gasteiger partial charge on any atom is -0.399 e. The highest BCUT2D eigenvalue weighted by molar-refractivity contribution is 6.09. The molecule has 22 heavy (non-hydrogen) atoms. The Kier molecular flexibility index (Phi) is 4.71. The van der Waals surface area contributed by atoms with Crippen LogP contribution in [0.1, 0.15) is 28.4 Å². The molecule has 2 rings (SSSR count). The molecular formula is C18H23N3O. The predicted octanol–water partition coefficient (Wildman–Crippen LogP) is 3.46. The second-order valence-corrected chi connectivity index (χ2v) is 5.59. The number of anilines is 3. The van der Waals surface area contributed by atoms with Gasteiger partial charge in [-0.05, 0) is 42.7 Å². The summed E-state index contributed by atoms with van der Waals surface area (Å²) in [6, 6.07) is 11.4. The lowest BCUT2D eigenvalue weighted by Gasteiger charge is -2.19. The molecule has 0 aliphatic rings. The normalized spacial score (nSPS) is 10.4. The molecule has 0 heterocycles. The van der Waals surface area contributed by atoms with Gasteiger partial charge in [-0.25, -0.2) is 0 Å². The number of nitrogens with zero attached hydrogens (tertiary/aromatic N) is 1. The van der Waals surface area contributed by atoms with Crippen molar-refractivity contribution >= 4 is 23.0 Å². The third-order valence-corrected chi connectivity index (χ3v) is 3.73. The maximum absolute atomic E-state index is 12.7. The number of aryl methyl sites for hydroxylation is 2. The molecule has 0 bridgehead atoms. The summed E-state index contributed by atoms with van der Waals surface area (Å²) in [4.78, 5) is 14.6. The number of para-hydroxylation sites is 1. The van der Waals surface area contributed by atoms with Gasteiger partial charge in [0.1, 0.15) is 0 Å². The fourth-order valence-corrected chi connectivity index (χ4v) is 2.51. The minimum atomic E-state index is -0.139. The molecule has 0 radical (unpaired) electrons. The highest BCUT2D eigenvalue weighted by Gasteiger charge is 2.15. The standard InChI is InChI=1S/C18H23N3O/c1-5-13-8-6-7-12(2)17(13)20-18(22)15-11-14(19)9-10-16(15)21(3)4/h6-11H,5,19H2,1-4H3,(H,20,22). The minimum absolute atomic E-state index is 0.139. The maximum atomic E-state index is 12.7. The molecule has 4 nitrogen and oxygen atoms in total. The van der Waals surface area contributed by atoms with Crippen LogP contribution in [-0.2, 0) is 6.42 Å². The van der Waals surface area contributed by atoms with Gasteiger partial charge in [-0.1, -0.05) is 25.1 Å². The first kappa shape index (κ1) is 15.9. The van der Waals surface area contributed by atoms with E-state index in [0.717, 1.165) is 28.9 Å². The molecule has 0 unspecified atom stereocenters. The largest absolute Gasteiger partial charge is 0.399 e. The van der Waals surface area contributed by atoms with Gasteiger partial charge in [0.15, 0.2) is 0 Å². The molecule has 3 N–H and O–H groups in total. The van der Waals surface area contributed by atoms with Crippen LogP contribution in [0, 0.1) is 6.92 Å². The molecular weight excluding hydrogens is 274 g/mol. The van der Waals surface area contributed by atoms with E-state index in [1.807, 2.05) is 50.2 Å². The van der Waals surface area contributed by atoms with E-state index >= 15 is 0 Å². The zero-order valence-corrected chi connectivity index (χ0v) is 13.6. The number of amides is 1. The summed E-state index contributed by atoms with van der Waals surface area (Å²) in [5.41, 5.74) is 10.9. The van der Waals surface area contributed by atoms with Crippen molar-refractivity contribution in [3.63, 3.8) is 0 Å². The zero-order valence-electron chi connectivity index (χ0n) is 13.6. The van der Waals surface area contributed by atoms with Gasteiger partial charge in [0.25, 0.3) is 5.91 Å². The fourth-order valence-electron chi connectivity index (χ4n) is 2.51. The SMILES string of the molecule is CCc1cccc(C)c1NC(=O)c1cc(N)ccc1N(C)C. The molecule has 0 aliphatic carbocycles. The average Bonchev–Trinajstić information content (AvgIpc) is 2.48. The maximum Gasteiger partial charge on any atom is 0.257 e. The number of rotatable bonds is 4. The topological polar surface area (TPSA) is 58.4 Å². The van der Waals surface area contributed by atoms with Gasteiger partial charge in [0.2, 0.25) is 0 Å². The number of nitrogens with one attached hydrogen (secondary N) is 1. The first-order chi connectivity index (χ1) is 10.4. The first-order valence-corrected chi connectivity index (χ1v) is 7.40. The van der Waals surface area contributed by atoms with Gasteiger partial charge >= 0.3 is 0 Å². The molecule has 0 saturated carbocycles. The third kappa shape index (κ3) is 3.22. The van der Waals surface area contributed by atoms with Crippen LogP contribution < -0.4 is 16.0 Å². The molecule has 1 amide bonds. The van der Waals surface area contributed by atoms with Gasteiger partial charge in [-0.15, -0.1) is 0 Å². The second kappa shape index (κ2) is 6.52. The summed E-state index contributed by atoms with van der Waals surface area (Å²) < 4.78 is 0. The number of nitrogens with two attached hydrogens (primary N) is 1. The van der Waals surface area contributed by atoms with E-state index in [1.54, 1.807) is 12.1 Å². The van der Waals surface area contributed by atoms with E-state index in [9.17, 15) is 4.79 Å². The molecule has 0 aliphatic heterocycles. The van der Waals surface area contributed by atoms with Gasteiger partial charge in [0.05, 0.1) is 5.56 Å². The molecule has 2 aromatic carbocycles. The summed E-state index contributed by atoms with van der Waals surface area (Å²) in [7, 11) is 3.82. The van der Waals surface area contributed by atoms with E-state index < -0.39 is 0 Å². The van der Waals surface area contributed by atoms with Crippen LogP contribution in [0.4, 0.5) is 17.1 Å². The molecule has 4 heteroatoms. The number of nitrogen functional groups attached to an aromatic ring is 1. The number of hydrogen-bond acceptors (Lipinski definition) is 3. The Morgan fingerprint density at radius 1 is 1.23 bits per heavy atom. The van der Waals surface area contributed by atoms with Gasteiger partial charge in [-0.2, -0.15) is 0 Å². The van der Waals surface area contributed by atoms with Gasteiger partial charge < -0.3 is 16.0 Å². The van der Waals surface area contributed by atoms with Crippen LogP contribution in [-0.4, -0.2) is 20.0 Å². The van der Waals surface area contributed by atoms with E-state index in [0.29, 0.717) is 11.3 Å². The number of hydrogen-bond donors (Lipinski definition) is 2. The highest BCUT2D eigenvalue weighted by atomic mass is 16.1. The summed E-state index contributed by atoms with van der Waals surface area (Å²) in [5, 5.41) is 3.05. The smallest absolute Gasteiger partial charge is 0.257 e. The van der Waals surface area contributed by atoms with Crippen LogP contribution in [0.3, 0.4) is 0 Å². The van der Waals surface area contributed by atoms with Crippen molar-refractivity contribution < 1.29 is 4.79 Å². The molecule has 0 saturated heterocycles. The second-order valence-electron chi connectivity index (χ2n) is 5.59. The quantitative estimate of drug-likeness (QED) is 0.850. The summed E-state index contributed by atoms with van der Waals surface area (Å²) in [6.07, 6.45) is 0.870. The molecule has 0 aromatic heterocycles. The van der Waals surface area contributed by atoms with Crippen molar-refractivity contribution in [3.05, 3.63) is 53.1 Å². The van der Waals surface area contributed by atoms with Crippen LogP contribution in [0.25, 0.3) is 0 Å². The first-order valence-electron chi connectivity index (χ1n) is 7.40. The Morgan fingerprint density at radius 3 is 2.59 bits per heavy atom. The predicted molar refractivity (Wildman–Crippen MR) is 93.7 cm³/mol. The number of carbonyl (C=O) groups excluding carboxylic acids is 1. The van der Waals surface area contributed by atoms with Crippen LogP contribution in [0.2, 0.25) is 0 Å². The van der Waals surface area contributed by atoms with E-state index in [4.69, 9.17) is 5.73 Å². The molecule has 2 aromatic rings. The van der Waals surface area contributed by atoms with Crippen LogP contribution >= 0.6 is 0 Å². The van der Waals surface area contributed by atoms with E-state index in [2.05, 4.69) is 12.2 Å². The van der Waals surface area contributed by atoms with E-state index in [-0.39, 0.29) is 5.91 Å². The van der Waals surface area contributed by atoms with Crippen molar-refractivity contribution in [2.75, 3.05) is 30.0 Å². The molecule has 0 atom stereocenters. The molecule has 0 spiro atoms. The fraction of sp³-hybridized carbons (Fsp3) is 0.278. The van der Waals surface area contributed by atoms with Gasteiger partial charge in [0, 0.05) is 31.2 Å². The Hall–Kier alpha value is -2.49. The monoisotopic (exact) mass is 297 g/mol. The Morgan fingerprint density at radius 2 is 1.95 bits per heavy atom. The number of benzene rings is 2. The van der Waals surface area contributed by atoms with Crippen LogP contribution in [0.15, 0.2) is 36.4 Å². The Balaban J connectivity index is 2.40. The Labute approximate surface area is 131 Å². The van der Waals surface area contributed by atoms with Crippen molar-refractivity contribution in [2.45, 2.75) is 20.3 Å². The summed E-state index contributed by atoms with van der Waals surface area (Å²) in [5.74, 6) is -0.139. The third-order valence-electron chi connectivity index (χ3n) is 3.73. The van der Waals surface area contributed by atoms with Crippen molar-refractivity contribution in [1.29, 1.82) is 0 Å². The lowest BCUT2D eigenvalue weighted by Crippen LogP contribution is -2.19. The Bertz CT molecular complexity index is 693. The van der Waals surface area contributed by atoms with Gasteiger partial charge in [-0.3, -0.25) is 4.79 Å². The zero-order chi connectivity index (χ0) is 16.3. The number of carbonyl (C=O) groups is 1. The van der Waals surface area contributed by atoms with Crippen molar-refractivity contribution in [3.8, 4) is 0 Å². The lowest BCUT2D eigenvalue weighted by molar-refractivity contribution is 0.102. The molecule has 116 valence electrons. The molecule has 0 fully saturated rings. The van der Waals surface area contributed by atoms with E-state index in [1.165, 1.54) is 0 Å².